The number of aromatic nitrogens is 2. The summed E-state index contributed by atoms with van der Waals surface area (Å²) in [6.45, 7) is 1.52. The molecule has 0 spiro atoms. The van der Waals surface area contributed by atoms with Crippen LogP contribution >= 0.6 is 0 Å². The number of nitrogens with one attached hydrogen (secondary N) is 2. The van der Waals surface area contributed by atoms with Crippen LogP contribution in [0, 0.1) is 12.8 Å². The van der Waals surface area contributed by atoms with Gasteiger partial charge in [-0.3, -0.25) is 9.89 Å². The Bertz CT molecular complexity index is 1190. The molecule has 2 heterocycles. The summed E-state index contributed by atoms with van der Waals surface area (Å²) in [5.41, 5.74) is 1.54. The van der Waals surface area contributed by atoms with E-state index in [-0.39, 0.29) is 6.54 Å². The summed E-state index contributed by atoms with van der Waals surface area (Å²) >= 11 is 0. The number of carbonyl (C=O) groups excluding carboxylic acids is 3. The molecule has 1 aromatic heterocycles. The smallest absolute Gasteiger partial charge is 0.493 e. The molecule has 1 unspecified atom stereocenters. The molecule has 0 saturated heterocycles. The summed E-state index contributed by atoms with van der Waals surface area (Å²) in [5, 5.41) is 9.37. The first-order valence-electron chi connectivity index (χ1n) is 9.84. The fourth-order valence-corrected chi connectivity index (χ4v) is 3.63. The summed E-state index contributed by atoms with van der Waals surface area (Å²) < 4.78 is 11.8. The zero-order valence-corrected chi connectivity index (χ0v) is 17.8. The third-order valence-electron chi connectivity index (χ3n) is 5.12. The van der Waals surface area contributed by atoms with E-state index in [0.29, 0.717) is 28.7 Å². The summed E-state index contributed by atoms with van der Waals surface area (Å²) in [7, 11) is 2.96. The van der Waals surface area contributed by atoms with Gasteiger partial charge in [-0.2, -0.15) is 14.5 Å². The number of allylic oxidation sites excluding steroid dienone is 3. The van der Waals surface area contributed by atoms with Crippen LogP contribution in [0.5, 0.6) is 11.5 Å². The van der Waals surface area contributed by atoms with Gasteiger partial charge in [-0.15, -0.1) is 4.90 Å². The molecule has 10 heteroatoms. The second-order valence-corrected chi connectivity index (χ2v) is 7.21. The summed E-state index contributed by atoms with van der Waals surface area (Å²) in [5.74, 6) is -0.376. The van der Waals surface area contributed by atoms with Gasteiger partial charge in [0.1, 0.15) is 17.3 Å². The number of nitrogens with zero attached hydrogens (tertiary/aromatic N) is 3. The van der Waals surface area contributed by atoms with Crippen LogP contribution in [0.2, 0.25) is 0 Å². The lowest BCUT2D eigenvalue weighted by Gasteiger charge is -2.26. The van der Waals surface area contributed by atoms with Crippen LogP contribution in [0.15, 0.2) is 48.6 Å². The van der Waals surface area contributed by atoms with E-state index in [0.717, 1.165) is 10.6 Å². The van der Waals surface area contributed by atoms with Crippen LogP contribution in [0.1, 0.15) is 5.69 Å². The topological polar surface area (TPSA) is 117 Å². The Balaban J connectivity index is 1.70. The van der Waals surface area contributed by atoms with E-state index in [2.05, 4.69) is 15.5 Å². The van der Waals surface area contributed by atoms with E-state index in [4.69, 9.17) is 9.47 Å². The monoisotopic (exact) mass is 436 g/mol. The van der Waals surface area contributed by atoms with Gasteiger partial charge in [0, 0.05) is 17.8 Å². The maximum absolute atomic E-state index is 13.4. The zero-order valence-electron chi connectivity index (χ0n) is 17.8. The van der Waals surface area contributed by atoms with Gasteiger partial charge >= 0.3 is 11.9 Å². The van der Waals surface area contributed by atoms with Gasteiger partial charge in [-0.25, -0.2) is 4.79 Å². The SMILES string of the molecule is COc1ccc(N2C(=O)C3C=CC=CC3=[N+](CC(=O)Nc3cc(C)[nH]n3)C2=O)cc1OC. The van der Waals surface area contributed by atoms with Gasteiger partial charge in [0.2, 0.25) is 0 Å². The minimum atomic E-state index is -0.703. The Labute approximate surface area is 183 Å². The fourth-order valence-electron chi connectivity index (χ4n) is 3.63. The number of anilines is 2. The van der Waals surface area contributed by atoms with Gasteiger partial charge < -0.3 is 14.8 Å². The first-order chi connectivity index (χ1) is 15.4. The molecule has 32 heavy (non-hydrogen) atoms. The number of ether oxygens (including phenoxy) is 2. The van der Waals surface area contributed by atoms with Crippen molar-refractivity contribution in [2.45, 2.75) is 6.92 Å². The molecular formula is C22H22N5O5+. The third kappa shape index (κ3) is 3.78. The van der Waals surface area contributed by atoms with Gasteiger partial charge in [-0.1, -0.05) is 18.2 Å². The highest BCUT2D eigenvalue weighted by atomic mass is 16.5. The number of hydrogen-bond donors (Lipinski definition) is 2. The van der Waals surface area contributed by atoms with Crippen LogP contribution < -0.4 is 19.7 Å². The quantitative estimate of drug-likeness (QED) is 0.670. The number of urea groups is 1. The van der Waals surface area contributed by atoms with Crippen LogP contribution in [-0.2, 0) is 9.59 Å². The molecule has 0 radical (unpaired) electrons. The van der Waals surface area contributed by atoms with Crippen LogP contribution in [-0.4, -0.2) is 59.1 Å². The minimum Gasteiger partial charge on any atom is -0.493 e. The Hall–Kier alpha value is -4.21. The molecule has 4 amide bonds. The Kier molecular flexibility index (Phi) is 5.59. The number of fused-ring (bicyclic) bond motifs is 1. The van der Waals surface area contributed by atoms with Crippen molar-refractivity contribution in [1.82, 2.24) is 10.2 Å². The van der Waals surface area contributed by atoms with Crippen molar-refractivity contribution in [3.05, 3.63) is 54.3 Å². The number of aryl methyl sites for hydroxylation is 1. The first-order valence-corrected chi connectivity index (χ1v) is 9.84. The number of rotatable bonds is 6. The number of benzene rings is 1. The lowest BCUT2D eigenvalue weighted by molar-refractivity contribution is -0.416. The van der Waals surface area contributed by atoms with E-state index >= 15 is 0 Å². The van der Waals surface area contributed by atoms with Crippen LogP contribution in [0.4, 0.5) is 16.3 Å². The lowest BCUT2D eigenvalue weighted by Crippen LogP contribution is -2.56. The molecule has 1 aromatic carbocycles. The van der Waals surface area contributed by atoms with Crippen molar-refractivity contribution in [2.24, 2.45) is 5.92 Å². The second kappa shape index (κ2) is 8.50. The van der Waals surface area contributed by atoms with Crippen molar-refractivity contribution >= 4 is 35.1 Å². The Morgan fingerprint density at radius 1 is 1.19 bits per heavy atom. The number of methoxy groups -OCH3 is 2. The van der Waals surface area contributed by atoms with Crippen molar-refractivity contribution in [3.8, 4) is 11.5 Å². The number of carbonyl (C=O) groups is 3. The molecule has 10 nitrogen and oxygen atoms in total. The second-order valence-electron chi connectivity index (χ2n) is 7.21. The summed E-state index contributed by atoms with van der Waals surface area (Å²) in [6.07, 6.45) is 6.82. The molecule has 0 fully saturated rings. The normalized spacial score (nSPS) is 17.5. The van der Waals surface area contributed by atoms with E-state index in [9.17, 15) is 14.4 Å². The molecule has 0 saturated carbocycles. The number of H-pyrrole nitrogens is 1. The zero-order chi connectivity index (χ0) is 22.8. The number of aromatic amines is 1. The molecule has 2 aliphatic rings. The highest BCUT2D eigenvalue weighted by Crippen LogP contribution is 2.33. The van der Waals surface area contributed by atoms with Crippen LogP contribution in [0.25, 0.3) is 0 Å². The average Bonchev–Trinajstić information content (AvgIpc) is 3.20. The van der Waals surface area contributed by atoms with Crippen molar-refractivity contribution in [3.63, 3.8) is 0 Å². The molecular weight excluding hydrogens is 414 g/mol. The Morgan fingerprint density at radius 3 is 2.66 bits per heavy atom. The molecule has 1 aliphatic carbocycles. The van der Waals surface area contributed by atoms with Gasteiger partial charge in [-0.05, 0) is 25.1 Å². The van der Waals surface area contributed by atoms with Crippen molar-refractivity contribution < 1.29 is 28.4 Å². The summed E-state index contributed by atoms with van der Waals surface area (Å²) in [6, 6.07) is 5.79. The van der Waals surface area contributed by atoms with Crippen molar-refractivity contribution in [1.29, 1.82) is 0 Å². The van der Waals surface area contributed by atoms with Crippen LogP contribution in [0.3, 0.4) is 0 Å². The van der Waals surface area contributed by atoms with Gasteiger partial charge in [0.15, 0.2) is 23.9 Å². The Morgan fingerprint density at radius 2 is 1.97 bits per heavy atom. The van der Waals surface area contributed by atoms with Gasteiger partial charge in [0.25, 0.3) is 5.91 Å². The molecule has 164 valence electrons. The molecule has 1 atom stereocenters. The van der Waals surface area contributed by atoms with Crippen molar-refractivity contribution in [2.75, 3.05) is 31.0 Å². The van der Waals surface area contributed by atoms with Gasteiger partial charge in [0.05, 0.1) is 14.2 Å². The van der Waals surface area contributed by atoms with E-state index in [1.807, 2.05) is 6.92 Å². The first kappa shape index (κ1) is 21.0. The number of imide groups is 1. The minimum absolute atomic E-state index is 0.286. The van der Waals surface area contributed by atoms with E-state index < -0.39 is 23.8 Å². The maximum atomic E-state index is 13.4. The third-order valence-corrected chi connectivity index (χ3v) is 5.12. The summed E-state index contributed by atoms with van der Waals surface area (Å²) in [4.78, 5) is 40.4. The highest BCUT2D eigenvalue weighted by molar-refractivity contribution is 6.26. The predicted molar refractivity (Wildman–Crippen MR) is 116 cm³/mol. The largest absolute Gasteiger partial charge is 0.506 e. The number of amides is 4. The predicted octanol–water partition coefficient (Wildman–Crippen LogP) is 2.04. The molecule has 2 aromatic rings. The van der Waals surface area contributed by atoms with E-state index in [1.165, 1.54) is 18.8 Å². The molecule has 4 rings (SSSR count). The molecule has 0 bridgehead atoms. The highest BCUT2D eigenvalue weighted by Gasteiger charge is 2.48. The molecule has 2 N–H and O–H groups in total. The fraction of sp³-hybridized carbons (Fsp3) is 0.227. The average molecular weight is 436 g/mol. The number of hydrogen-bond acceptors (Lipinski definition) is 6. The lowest BCUT2D eigenvalue weighted by atomic mass is 9.94. The standard InChI is InChI=1S/C22H21N5O5/c1-13-10-19(25-24-13)23-20(28)12-26-16-7-5-4-6-15(16)21(29)27(22(26)30)14-8-9-17(31-2)18(11-14)32-3/h4-11,15H,12H2,1-3H3,(H-,23,24,25,28)/p+1. The molecule has 1 aliphatic heterocycles. The van der Waals surface area contributed by atoms with E-state index in [1.54, 1.807) is 48.6 Å². The maximum Gasteiger partial charge on any atom is 0.506 e.